The van der Waals surface area contributed by atoms with E-state index in [0.717, 1.165) is 11.3 Å². The maximum absolute atomic E-state index is 7.52. The number of rotatable bonds is 5. The number of amidine groups is 1. The molecule has 2 rings (SSSR count). The molecule has 0 spiro atoms. The average Bonchev–Trinajstić information content (AvgIpc) is 2.48. The van der Waals surface area contributed by atoms with Crippen molar-refractivity contribution in [3.8, 4) is 5.75 Å². The molecule has 0 saturated carbocycles. The van der Waals surface area contributed by atoms with Crippen LogP contribution < -0.4 is 10.5 Å². The number of nitrogen functional groups attached to an aromatic ring is 1. The molecule has 3 N–H and O–H groups in total. The summed E-state index contributed by atoms with van der Waals surface area (Å²) < 4.78 is 5.30. The molecule has 110 valence electrons. The fourth-order valence-electron chi connectivity index (χ4n) is 2.02. The van der Waals surface area contributed by atoms with Gasteiger partial charge in [-0.1, -0.05) is 12.1 Å². The van der Waals surface area contributed by atoms with Crippen LogP contribution in [0, 0.1) is 19.3 Å². The van der Waals surface area contributed by atoms with Gasteiger partial charge >= 0.3 is 0 Å². The summed E-state index contributed by atoms with van der Waals surface area (Å²) in [6, 6.07) is 12.3. The third-order valence-electron chi connectivity index (χ3n) is 3.44. The van der Waals surface area contributed by atoms with Crippen molar-refractivity contribution in [2.24, 2.45) is 5.73 Å². The Balaban J connectivity index is 2.13. The first-order valence-corrected chi connectivity index (χ1v) is 7.71. The first kappa shape index (κ1) is 15.4. The van der Waals surface area contributed by atoms with E-state index in [-0.39, 0.29) is 5.84 Å². The van der Waals surface area contributed by atoms with Gasteiger partial charge in [0.15, 0.2) is 0 Å². The number of methoxy groups -OCH3 is 1. The van der Waals surface area contributed by atoms with Gasteiger partial charge in [0.1, 0.15) is 11.6 Å². The summed E-state index contributed by atoms with van der Waals surface area (Å²) in [6.45, 7) is 4.25. The molecular weight excluding hydrogens is 280 g/mol. The predicted octanol–water partition coefficient (Wildman–Crippen LogP) is 3.89. The molecule has 0 amide bonds. The molecule has 3 nitrogen and oxygen atoms in total. The second-order valence-electron chi connectivity index (χ2n) is 4.98. The lowest BCUT2D eigenvalue weighted by Crippen LogP contribution is -2.12. The highest BCUT2D eigenvalue weighted by Gasteiger charge is 2.07. The smallest absolute Gasteiger partial charge is 0.130 e. The number of hydrogen-bond donors (Lipinski definition) is 2. The minimum Gasteiger partial charge on any atom is -0.496 e. The summed E-state index contributed by atoms with van der Waals surface area (Å²) >= 11 is 1.79. The molecule has 0 radical (unpaired) electrons. The molecule has 0 aliphatic carbocycles. The van der Waals surface area contributed by atoms with E-state index in [1.807, 2.05) is 18.2 Å². The standard InChI is InChI=1S/C17H20N2OS/c1-11-4-6-14(8-12(11)2)21-10-13-5-7-15(17(18)19)16(9-13)20-3/h4-9H,10H2,1-3H3,(H3,18,19). The van der Waals surface area contributed by atoms with Gasteiger partial charge in [-0.05, 0) is 54.8 Å². The highest BCUT2D eigenvalue weighted by atomic mass is 32.2. The first-order valence-electron chi connectivity index (χ1n) is 6.72. The second kappa shape index (κ2) is 6.68. The number of aryl methyl sites for hydroxylation is 2. The number of nitrogens with one attached hydrogen (secondary N) is 1. The molecule has 0 aliphatic rings. The summed E-state index contributed by atoms with van der Waals surface area (Å²) in [7, 11) is 1.60. The van der Waals surface area contributed by atoms with Crippen LogP contribution in [-0.4, -0.2) is 12.9 Å². The van der Waals surface area contributed by atoms with Crippen molar-refractivity contribution in [3.05, 3.63) is 58.7 Å². The van der Waals surface area contributed by atoms with Gasteiger partial charge in [-0.25, -0.2) is 0 Å². The molecule has 0 atom stereocenters. The van der Waals surface area contributed by atoms with Gasteiger partial charge in [0.05, 0.1) is 12.7 Å². The fourth-order valence-corrected chi connectivity index (χ4v) is 2.96. The van der Waals surface area contributed by atoms with Gasteiger partial charge in [0.25, 0.3) is 0 Å². The number of benzene rings is 2. The lowest BCUT2D eigenvalue weighted by atomic mass is 10.1. The lowest BCUT2D eigenvalue weighted by molar-refractivity contribution is 0.413. The Bertz CT molecular complexity index is 668. The SMILES string of the molecule is COc1cc(CSc2ccc(C)c(C)c2)ccc1C(=N)N. The maximum Gasteiger partial charge on any atom is 0.130 e. The zero-order chi connectivity index (χ0) is 15.4. The number of ether oxygens (including phenoxy) is 1. The molecule has 21 heavy (non-hydrogen) atoms. The molecule has 0 aromatic heterocycles. The van der Waals surface area contributed by atoms with Crippen LogP contribution in [0.15, 0.2) is 41.3 Å². The Morgan fingerprint density at radius 2 is 1.90 bits per heavy atom. The summed E-state index contributed by atoms with van der Waals surface area (Å²) in [4.78, 5) is 1.26. The van der Waals surface area contributed by atoms with Gasteiger partial charge in [-0.3, -0.25) is 5.41 Å². The minimum atomic E-state index is 0.0280. The zero-order valence-corrected chi connectivity index (χ0v) is 13.4. The summed E-state index contributed by atoms with van der Waals surface area (Å²) in [5, 5.41) is 7.52. The van der Waals surface area contributed by atoms with Crippen LogP contribution in [0.2, 0.25) is 0 Å². The van der Waals surface area contributed by atoms with Crippen molar-refractivity contribution in [2.75, 3.05) is 7.11 Å². The summed E-state index contributed by atoms with van der Waals surface area (Å²) in [5.74, 6) is 1.54. The van der Waals surface area contributed by atoms with Gasteiger partial charge in [-0.2, -0.15) is 0 Å². The molecule has 0 heterocycles. The monoisotopic (exact) mass is 300 g/mol. The quantitative estimate of drug-likeness (QED) is 0.500. The second-order valence-corrected chi connectivity index (χ2v) is 6.03. The van der Waals surface area contributed by atoms with Crippen LogP contribution in [0.5, 0.6) is 5.75 Å². The summed E-state index contributed by atoms with van der Waals surface area (Å²) in [6.07, 6.45) is 0. The molecule has 0 fully saturated rings. The van der Waals surface area contributed by atoms with Crippen molar-refractivity contribution >= 4 is 17.6 Å². The van der Waals surface area contributed by atoms with Crippen molar-refractivity contribution in [1.29, 1.82) is 5.41 Å². The predicted molar refractivity (Wildman–Crippen MR) is 89.5 cm³/mol. The van der Waals surface area contributed by atoms with Crippen LogP contribution in [0.4, 0.5) is 0 Å². The molecule has 0 aliphatic heterocycles. The largest absolute Gasteiger partial charge is 0.496 e. The normalized spacial score (nSPS) is 10.4. The Morgan fingerprint density at radius 1 is 1.14 bits per heavy atom. The number of hydrogen-bond acceptors (Lipinski definition) is 3. The molecule has 2 aromatic carbocycles. The topological polar surface area (TPSA) is 59.1 Å². The Labute approximate surface area is 130 Å². The first-order chi connectivity index (χ1) is 10.0. The van der Waals surface area contributed by atoms with Gasteiger partial charge in [0.2, 0.25) is 0 Å². The van der Waals surface area contributed by atoms with Gasteiger partial charge in [-0.15, -0.1) is 11.8 Å². The van der Waals surface area contributed by atoms with Crippen LogP contribution in [0.3, 0.4) is 0 Å². The van der Waals surface area contributed by atoms with Crippen LogP contribution >= 0.6 is 11.8 Å². The summed E-state index contributed by atoms with van der Waals surface area (Å²) in [5.41, 5.74) is 9.95. The third kappa shape index (κ3) is 3.79. The van der Waals surface area contributed by atoms with Crippen LogP contribution in [-0.2, 0) is 5.75 Å². The van der Waals surface area contributed by atoms with Crippen molar-refractivity contribution < 1.29 is 4.74 Å². The zero-order valence-electron chi connectivity index (χ0n) is 12.6. The van der Waals surface area contributed by atoms with Crippen LogP contribution in [0.1, 0.15) is 22.3 Å². The van der Waals surface area contributed by atoms with E-state index in [4.69, 9.17) is 15.9 Å². The van der Waals surface area contributed by atoms with E-state index < -0.39 is 0 Å². The van der Waals surface area contributed by atoms with Crippen molar-refractivity contribution in [1.82, 2.24) is 0 Å². The van der Waals surface area contributed by atoms with Crippen molar-refractivity contribution in [3.63, 3.8) is 0 Å². The molecule has 0 bridgehead atoms. The van der Waals surface area contributed by atoms with Gasteiger partial charge in [0, 0.05) is 10.6 Å². The molecule has 0 unspecified atom stereocenters. The molecule has 4 heteroatoms. The van der Waals surface area contributed by atoms with Crippen LogP contribution in [0.25, 0.3) is 0 Å². The molecular formula is C17H20N2OS. The minimum absolute atomic E-state index is 0.0280. The van der Waals surface area contributed by atoms with E-state index >= 15 is 0 Å². The van der Waals surface area contributed by atoms with Crippen molar-refractivity contribution in [2.45, 2.75) is 24.5 Å². The Hall–Kier alpha value is -1.94. The molecule has 2 aromatic rings. The van der Waals surface area contributed by atoms with E-state index in [1.165, 1.54) is 16.0 Å². The maximum atomic E-state index is 7.52. The van der Waals surface area contributed by atoms with E-state index in [2.05, 4.69) is 32.0 Å². The fraction of sp³-hybridized carbons (Fsp3) is 0.235. The number of thioether (sulfide) groups is 1. The van der Waals surface area contributed by atoms with E-state index in [1.54, 1.807) is 18.9 Å². The third-order valence-corrected chi connectivity index (χ3v) is 4.50. The number of nitrogens with two attached hydrogens (primary N) is 1. The van der Waals surface area contributed by atoms with Gasteiger partial charge < -0.3 is 10.5 Å². The highest BCUT2D eigenvalue weighted by Crippen LogP contribution is 2.27. The Morgan fingerprint density at radius 3 is 2.52 bits per heavy atom. The van der Waals surface area contributed by atoms with E-state index in [9.17, 15) is 0 Å². The molecule has 0 saturated heterocycles. The highest BCUT2D eigenvalue weighted by molar-refractivity contribution is 7.98. The Kier molecular flexibility index (Phi) is 4.91. The lowest BCUT2D eigenvalue weighted by Gasteiger charge is -2.10. The van der Waals surface area contributed by atoms with E-state index in [0.29, 0.717) is 11.3 Å². The average molecular weight is 300 g/mol.